The molecule has 0 aromatic heterocycles. The summed E-state index contributed by atoms with van der Waals surface area (Å²) in [4.78, 5) is 0.492. The van der Waals surface area contributed by atoms with E-state index in [4.69, 9.17) is 0 Å². The van der Waals surface area contributed by atoms with Gasteiger partial charge in [-0.25, -0.2) is 0 Å². The van der Waals surface area contributed by atoms with Crippen molar-refractivity contribution in [1.29, 1.82) is 0 Å². The van der Waals surface area contributed by atoms with Crippen LogP contribution in [0.4, 0.5) is 0 Å². The van der Waals surface area contributed by atoms with Crippen molar-refractivity contribution in [1.82, 2.24) is 0 Å². The Balaban J connectivity index is 4.02. The van der Waals surface area contributed by atoms with Gasteiger partial charge in [0, 0.05) is 4.83 Å². The summed E-state index contributed by atoms with van der Waals surface area (Å²) < 4.78 is 1.05. The quantitative estimate of drug-likeness (QED) is 0.670. The molecule has 1 atom stereocenters. The number of rotatable bonds is 2. The zero-order valence-corrected chi connectivity index (χ0v) is 10.2. The lowest BCUT2D eigenvalue weighted by Crippen LogP contribution is -1.96. The molecule has 0 aliphatic rings. The summed E-state index contributed by atoms with van der Waals surface area (Å²) in [5, 5.41) is 0. The van der Waals surface area contributed by atoms with E-state index in [0.717, 1.165) is 9.81 Å². The van der Waals surface area contributed by atoms with Gasteiger partial charge in [0.2, 0.25) is 0 Å². The predicted octanol–water partition coefficient (Wildman–Crippen LogP) is 4.18. The van der Waals surface area contributed by atoms with Gasteiger partial charge in [-0.2, -0.15) is 0 Å². The third-order valence-electron chi connectivity index (χ3n) is 1.13. The van der Waals surface area contributed by atoms with Crippen molar-refractivity contribution in [3.8, 4) is 0 Å². The Kier molecular flexibility index (Phi) is 5.56. The first-order valence-electron chi connectivity index (χ1n) is 2.75. The maximum atomic E-state index is 3.52. The second-order valence-electron chi connectivity index (χ2n) is 1.82. The van der Waals surface area contributed by atoms with E-state index in [2.05, 4.69) is 61.6 Å². The molecule has 0 amide bonds. The van der Waals surface area contributed by atoms with Gasteiger partial charge >= 0.3 is 0 Å². The zero-order chi connectivity index (χ0) is 7.44. The summed E-state index contributed by atoms with van der Waals surface area (Å²) in [6.45, 7) is 4.23. The van der Waals surface area contributed by atoms with Gasteiger partial charge in [-0.1, -0.05) is 22.9 Å². The molecule has 0 fully saturated rings. The Morgan fingerprint density at radius 2 is 1.89 bits per heavy atom. The van der Waals surface area contributed by atoms with Crippen LogP contribution >= 0.6 is 47.8 Å². The smallest absolute Gasteiger partial charge is 0.0604 e. The van der Waals surface area contributed by atoms with Crippen LogP contribution < -0.4 is 0 Å². The minimum absolute atomic E-state index is 0.492. The van der Waals surface area contributed by atoms with Gasteiger partial charge in [-0.3, -0.25) is 0 Å². The Hall–Kier alpha value is 1.18. The lowest BCUT2D eigenvalue weighted by molar-refractivity contribution is 0.941. The first-order chi connectivity index (χ1) is 4.09. The van der Waals surface area contributed by atoms with Crippen LogP contribution in [-0.4, -0.2) is 4.83 Å². The highest BCUT2D eigenvalue weighted by atomic mass is 79.9. The first-order valence-corrected chi connectivity index (χ1v) is 5.25. The largest absolute Gasteiger partial charge is 0.0842 e. The van der Waals surface area contributed by atoms with Crippen molar-refractivity contribution in [2.45, 2.75) is 25.1 Å². The topological polar surface area (TPSA) is 0 Å². The van der Waals surface area contributed by atoms with E-state index in [-0.39, 0.29) is 0 Å². The van der Waals surface area contributed by atoms with Gasteiger partial charge in [0.25, 0.3) is 0 Å². The molecule has 0 aliphatic carbocycles. The molecule has 0 heterocycles. The third kappa shape index (κ3) is 3.79. The molecule has 0 rings (SSSR count). The summed E-state index contributed by atoms with van der Waals surface area (Å²) in [6, 6.07) is 0. The molecular weight excluding hydrogens is 312 g/mol. The van der Waals surface area contributed by atoms with Crippen molar-refractivity contribution >= 4 is 47.8 Å². The molecule has 9 heavy (non-hydrogen) atoms. The Labute approximate surface area is 81.5 Å². The molecule has 54 valence electrons. The second-order valence-corrected chi connectivity index (χ2v) is 5.57. The molecule has 0 bridgehead atoms. The Morgan fingerprint density at radius 3 is 2.00 bits per heavy atom. The normalized spacial score (nSPS) is 13.0. The van der Waals surface area contributed by atoms with Crippen molar-refractivity contribution in [2.75, 3.05) is 0 Å². The van der Waals surface area contributed by atoms with E-state index in [1.54, 1.807) is 0 Å². The number of hydrogen-bond acceptors (Lipinski definition) is 0. The Bertz CT molecular complexity index is 113. The minimum Gasteiger partial charge on any atom is -0.0842 e. The van der Waals surface area contributed by atoms with Crippen LogP contribution in [-0.2, 0) is 0 Å². The number of halogens is 3. The highest BCUT2D eigenvalue weighted by molar-refractivity contribution is 9.28. The van der Waals surface area contributed by atoms with E-state index >= 15 is 0 Å². The van der Waals surface area contributed by atoms with E-state index < -0.39 is 0 Å². The summed E-state index contributed by atoms with van der Waals surface area (Å²) >= 11 is 10.2. The van der Waals surface area contributed by atoms with Crippen molar-refractivity contribution < 1.29 is 0 Å². The van der Waals surface area contributed by atoms with Crippen LogP contribution in [0.25, 0.3) is 0 Å². The van der Waals surface area contributed by atoms with E-state index in [1.807, 2.05) is 0 Å². The molecule has 0 aromatic rings. The van der Waals surface area contributed by atoms with Crippen LogP contribution in [0.1, 0.15) is 20.3 Å². The molecule has 1 unspecified atom stereocenters. The summed E-state index contributed by atoms with van der Waals surface area (Å²) in [5.74, 6) is 0. The highest BCUT2D eigenvalue weighted by Gasteiger charge is 2.04. The second kappa shape index (κ2) is 4.91. The fourth-order valence-corrected chi connectivity index (χ4v) is 1.82. The van der Waals surface area contributed by atoms with Gasteiger partial charge < -0.3 is 0 Å². The monoisotopic (exact) mass is 318 g/mol. The molecule has 0 radical (unpaired) electrons. The standard InChI is InChI=1S/C6H9Br3/c1-3-5(7)4(2)6(8)9/h5H,3H2,1-2H3. The molecule has 0 aliphatic heterocycles. The molecule has 0 saturated carbocycles. The number of allylic oxidation sites excluding steroid dienone is 1. The van der Waals surface area contributed by atoms with Gasteiger partial charge in [0.15, 0.2) is 0 Å². The highest BCUT2D eigenvalue weighted by Crippen LogP contribution is 2.26. The van der Waals surface area contributed by atoms with Gasteiger partial charge in [0.05, 0.1) is 3.39 Å². The van der Waals surface area contributed by atoms with E-state index in [0.29, 0.717) is 4.83 Å². The van der Waals surface area contributed by atoms with Crippen LogP contribution in [0.5, 0.6) is 0 Å². The van der Waals surface area contributed by atoms with Crippen LogP contribution in [0.2, 0.25) is 0 Å². The molecule has 3 heteroatoms. The van der Waals surface area contributed by atoms with E-state index in [1.165, 1.54) is 5.57 Å². The van der Waals surface area contributed by atoms with Gasteiger partial charge in [-0.05, 0) is 50.8 Å². The molecule has 0 aromatic carbocycles. The molecule has 0 nitrogen and oxygen atoms in total. The van der Waals surface area contributed by atoms with Crippen LogP contribution in [0, 0.1) is 0 Å². The maximum absolute atomic E-state index is 3.52. The third-order valence-corrected chi connectivity index (χ3v) is 3.71. The van der Waals surface area contributed by atoms with E-state index in [9.17, 15) is 0 Å². The number of hydrogen-bond donors (Lipinski definition) is 0. The SMILES string of the molecule is CCC(Br)C(C)=C(Br)Br. The Morgan fingerprint density at radius 1 is 1.44 bits per heavy atom. The predicted molar refractivity (Wildman–Crippen MR) is 53.6 cm³/mol. The average Bonchev–Trinajstić information content (AvgIpc) is 1.84. The maximum Gasteiger partial charge on any atom is 0.0604 e. The van der Waals surface area contributed by atoms with Gasteiger partial charge in [-0.15, -0.1) is 0 Å². The molecule has 0 N–H and O–H groups in total. The lowest BCUT2D eigenvalue weighted by Gasteiger charge is -2.06. The first kappa shape index (κ1) is 10.2. The minimum atomic E-state index is 0.492. The lowest BCUT2D eigenvalue weighted by atomic mass is 10.2. The van der Waals surface area contributed by atoms with Crippen molar-refractivity contribution in [2.24, 2.45) is 0 Å². The van der Waals surface area contributed by atoms with Crippen molar-refractivity contribution in [3.63, 3.8) is 0 Å². The summed E-state index contributed by atoms with van der Waals surface area (Å²) in [5.41, 5.74) is 1.30. The molecular formula is C6H9Br3. The number of alkyl halides is 1. The summed E-state index contributed by atoms with van der Waals surface area (Å²) in [7, 11) is 0. The molecule has 0 spiro atoms. The fourth-order valence-electron chi connectivity index (χ4n) is 0.425. The van der Waals surface area contributed by atoms with Crippen molar-refractivity contribution in [3.05, 3.63) is 8.96 Å². The fraction of sp³-hybridized carbons (Fsp3) is 0.667. The van der Waals surface area contributed by atoms with Crippen LogP contribution in [0.15, 0.2) is 8.96 Å². The summed E-state index contributed by atoms with van der Waals surface area (Å²) in [6.07, 6.45) is 1.12. The molecule has 0 saturated heterocycles. The average molecular weight is 321 g/mol. The van der Waals surface area contributed by atoms with Crippen LogP contribution in [0.3, 0.4) is 0 Å². The zero-order valence-electron chi connectivity index (χ0n) is 5.42. The van der Waals surface area contributed by atoms with Gasteiger partial charge in [0.1, 0.15) is 0 Å².